The van der Waals surface area contributed by atoms with E-state index in [-0.39, 0.29) is 28.5 Å². The van der Waals surface area contributed by atoms with Crippen molar-refractivity contribution in [3.05, 3.63) is 42.8 Å². The molecule has 1 amide bonds. The van der Waals surface area contributed by atoms with Gasteiger partial charge in [0.05, 0.1) is 0 Å². The molecule has 0 atom stereocenters. The van der Waals surface area contributed by atoms with Crippen LogP contribution in [0.2, 0.25) is 0 Å². The molecule has 0 spiro atoms. The van der Waals surface area contributed by atoms with E-state index < -0.39 is 0 Å². The Balaban J connectivity index is 0. The van der Waals surface area contributed by atoms with E-state index in [0.717, 1.165) is 16.4 Å². The molecule has 1 aromatic carbocycles. The van der Waals surface area contributed by atoms with Gasteiger partial charge in [-0.05, 0) is 17.5 Å². The van der Waals surface area contributed by atoms with E-state index in [2.05, 4.69) is 40.0 Å². The van der Waals surface area contributed by atoms with Crippen molar-refractivity contribution < 1.29 is 25.9 Å². The fraction of sp³-hybridized carbons (Fsp3) is 0.273. The van der Waals surface area contributed by atoms with Crippen LogP contribution >= 0.6 is 22.6 Å². The number of hydrogen-bond donors (Lipinski definition) is 1. The molecule has 82 valence electrons. The molecule has 0 saturated carbocycles. The van der Waals surface area contributed by atoms with Crippen molar-refractivity contribution >= 4 is 29.0 Å². The first-order valence-electron chi connectivity index (χ1n) is 4.10. The largest absolute Gasteiger partial charge is 2.00 e. The summed E-state index contributed by atoms with van der Waals surface area (Å²) in [5, 5.41) is 2.51. The fourth-order valence-corrected chi connectivity index (χ4v) is 1.69. The predicted molar refractivity (Wildman–Crippen MR) is 68.0 cm³/mol. The van der Waals surface area contributed by atoms with Crippen molar-refractivity contribution in [2.75, 3.05) is 4.43 Å². The summed E-state index contributed by atoms with van der Waals surface area (Å²) in [6.45, 7) is 0.564. The van der Waals surface area contributed by atoms with Crippen molar-refractivity contribution in [3.8, 4) is 0 Å². The van der Waals surface area contributed by atoms with E-state index >= 15 is 0 Å². The standard InChI is InChI=1S/C10H11INO.CH3.W/c11-6-5-9-1-3-10(4-2-9)7-12-8-13;;/h1-4H,5-7H2,(H,12,13);1H3;/q2*-1;+2. The van der Waals surface area contributed by atoms with Crippen LogP contribution in [0.1, 0.15) is 11.1 Å². The van der Waals surface area contributed by atoms with Crippen LogP contribution in [-0.4, -0.2) is 10.8 Å². The number of alkyl halides is 1. The SMILES string of the molecule is O=[C-]NCc1ccc(CCI)cc1.[CH3-].[W+2]. The third-order valence-corrected chi connectivity index (χ3v) is 2.31. The minimum absolute atomic E-state index is 0. The first-order valence-corrected chi connectivity index (χ1v) is 5.63. The van der Waals surface area contributed by atoms with Crippen molar-refractivity contribution in [1.29, 1.82) is 0 Å². The van der Waals surface area contributed by atoms with Gasteiger partial charge in [-0.1, -0.05) is 46.9 Å². The van der Waals surface area contributed by atoms with Crippen LogP contribution in [0.4, 0.5) is 0 Å². The third kappa shape index (κ3) is 7.07. The second kappa shape index (κ2) is 10.6. The number of amides is 1. The fourth-order valence-electron chi connectivity index (χ4n) is 1.07. The quantitative estimate of drug-likeness (QED) is 0.294. The molecule has 0 aromatic heterocycles. The molecule has 1 aromatic rings. The van der Waals surface area contributed by atoms with Gasteiger partial charge in [0.2, 0.25) is 0 Å². The van der Waals surface area contributed by atoms with Gasteiger partial charge in [0.25, 0.3) is 0 Å². The maximum atomic E-state index is 9.91. The van der Waals surface area contributed by atoms with E-state index in [1.165, 1.54) is 5.56 Å². The third-order valence-electron chi connectivity index (χ3n) is 1.77. The van der Waals surface area contributed by atoms with E-state index in [1.807, 2.05) is 12.1 Å². The molecule has 0 fully saturated rings. The molecule has 0 saturated heterocycles. The average Bonchev–Trinajstić information content (AvgIpc) is 2.17. The van der Waals surface area contributed by atoms with Gasteiger partial charge < -0.3 is 17.5 Å². The van der Waals surface area contributed by atoms with Crippen LogP contribution in [-0.2, 0) is 38.8 Å². The summed E-state index contributed by atoms with van der Waals surface area (Å²) < 4.78 is 1.14. The summed E-state index contributed by atoms with van der Waals surface area (Å²) in [4.78, 5) is 9.91. The molecule has 0 radical (unpaired) electrons. The van der Waals surface area contributed by atoms with Crippen molar-refractivity contribution in [2.24, 2.45) is 0 Å². The van der Waals surface area contributed by atoms with Gasteiger partial charge in [0.15, 0.2) is 0 Å². The van der Waals surface area contributed by atoms with Gasteiger partial charge in [0, 0.05) is 11.0 Å². The summed E-state index contributed by atoms with van der Waals surface area (Å²) in [5.41, 5.74) is 2.45. The molecule has 0 aliphatic carbocycles. The average molecular weight is 487 g/mol. The zero-order valence-corrected chi connectivity index (χ0v) is 13.7. The van der Waals surface area contributed by atoms with E-state index in [9.17, 15) is 4.79 Å². The van der Waals surface area contributed by atoms with E-state index in [0.29, 0.717) is 6.54 Å². The first-order chi connectivity index (χ1) is 6.36. The Kier molecular flexibility index (Phi) is 12.4. The Labute approximate surface area is 120 Å². The predicted octanol–water partition coefficient (Wildman–Crippen LogP) is 2.27. The first kappa shape index (κ1) is 17.5. The van der Waals surface area contributed by atoms with Gasteiger partial charge >= 0.3 is 21.1 Å². The van der Waals surface area contributed by atoms with Gasteiger partial charge in [-0.15, -0.1) is 0 Å². The summed E-state index contributed by atoms with van der Waals surface area (Å²) in [6, 6.07) is 8.26. The van der Waals surface area contributed by atoms with Gasteiger partial charge in [0.1, 0.15) is 0 Å². The molecule has 0 bridgehead atoms. The van der Waals surface area contributed by atoms with E-state index in [4.69, 9.17) is 0 Å². The molecular weight excluding hydrogens is 473 g/mol. The van der Waals surface area contributed by atoms with Crippen molar-refractivity contribution in [1.82, 2.24) is 5.32 Å². The smallest absolute Gasteiger partial charge is 0.526 e. The second-order valence-corrected chi connectivity index (χ2v) is 3.79. The molecule has 0 aliphatic rings. The Hall–Kier alpha value is 0.108. The van der Waals surface area contributed by atoms with Gasteiger partial charge in [-0.25, -0.2) is 0 Å². The van der Waals surface area contributed by atoms with Gasteiger partial charge in [-0.3, -0.25) is 0 Å². The topological polar surface area (TPSA) is 29.1 Å². The molecule has 4 heteroatoms. The molecule has 0 unspecified atom stereocenters. The molecule has 1 N–H and O–H groups in total. The molecule has 15 heavy (non-hydrogen) atoms. The minimum Gasteiger partial charge on any atom is -0.526 e. The Bertz CT molecular complexity index is 264. The number of benzene rings is 1. The maximum absolute atomic E-state index is 9.91. The number of aryl methyl sites for hydroxylation is 1. The molecule has 0 heterocycles. The van der Waals surface area contributed by atoms with Crippen LogP contribution < -0.4 is 5.32 Å². The van der Waals surface area contributed by atoms with Crippen LogP contribution in [0, 0.1) is 7.43 Å². The normalized spacial score (nSPS) is 8.33. The summed E-state index contributed by atoms with van der Waals surface area (Å²) in [7, 11) is 0. The van der Waals surface area contributed by atoms with Crippen LogP contribution in [0.15, 0.2) is 24.3 Å². The number of halogens is 1. The van der Waals surface area contributed by atoms with Crippen LogP contribution in [0.3, 0.4) is 0 Å². The number of nitrogens with one attached hydrogen (secondary N) is 1. The number of carbonyl (C=O) groups excluding carboxylic acids is 1. The summed E-state index contributed by atoms with van der Waals surface area (Å²) in [6.07, 6.45) is 2.76. The maximum Gasteiger partial charge on any atom is 2.00 e. The molecule has 0 aliphatic heterocycles. The van der Waals surface area contributed by atoms with Crippen LogP contribution in [0.25, 0.3) is 0 Å². The molecular formula is C11H14INOW. The minimum atomic E-state index is 0. The second-order valence-electron chi connectivity index (χ2n) is 2.71. The van der Waals surface area contributed by atoms with Crippen molar-refractivity contribution in [2.45, 2.75) is 13.0 Å². The van der Waals surface area contributed by atoms with Crippen molar-refractivity contribution in [3.63, 3.8) is 0 Å². The molecule has 2 nitrogen and oxygen atoms in total. The van der Waals surface area contributed by atoms with Gasteiger partial charge in [-0.2, -0.15) is 6.41 Å². The Morgan fingerprint density at radius 1 is 1.20 bits per heavy atom. The zero-order chi connectivity index (χ0) is 9.52. The van der Waals surface area contributed by atoms with Crippen LogP contribution in [0.5, 0.6) is 0 Å². The Morgan fingerprint density at radius 3 is 2.20 bits per heavy atom. The summed E-state index contributed by atoms with van der Waals surface area (Å²) in [5.74, 6) is 0. The Morgan fingerprint density at radius 2 is 1.73 bits per heavy atom. The van der Waals surface area contributed by atoms with E-state index in [1.54, 1.807) is 6.41 Å². The number of rotatable bonds is 5. The molecule has 1 rings (SSSR count). The zero-order valence-electron chi connectivity index (χ0n) is 8.63. The summed E-state index contributed by atoms with van der Waals surface area (Å²) >= 11 is 2.36. The number of hydrogen-bond acceptors (Lipinski definition) is 1. The monoisotopic (exact) mass is 487 g/mol.